The minimum Gasteiger partial charge on any atom is -0.333 e. The maximum absolute atomic E-state index is 13.5. The number of carbonyl (C=O) groups excluding carboxylic acids is 2. The van der Waals surface area contributed by atoms with Crippen LogP contribution in [0.4, 0.5) is 5.69 Å². The van der Waals surface area contributed by atoms with Crippen molar-refractivity contribution in [3.8, 4) is 0 Å². The zero-order chi connectivity index (χ0) is 20.5. The fourth-order valence-corrected chi connectivity index (χ4v) is 4.85. The fourth-order valence-electron chi connectivity index (χ4n) is 3.94. The molecule has 5 heteroatoms. The van der Waals surface area contributed by atoms with Crippen LogP contribution in [0, 0.1) is 0 Å². The lowest BCUT2D eigenvalue weighted by molar-refractivity contribution is -0.119. The number of benzene rings is 2. The van der Waals surface area contributed by atoms with Gasteiger partial charge in [0.25, 0.3) is 5.91 Å². The lowest BCUT2D eigenvalue weighted by Crippen LogP contribution is -2.43. The quantitative estimate of drug-likeness (QED) is 0.631. The smallest absolute Gasteiger partial charge is 0.254 e. The van der Waals surface area contributed by atoms with Gasteiger partial charge in [0, 0.05) is 23.2 Å². The molecular formula is C24H24N2O2S. The highest BCUT2D eigenvalue weighted by Gasteiger charge is 2.43. The highest BCUT2D eigenvalue weighted by Crippen LogP contribution is 2.43. The van der Waals surface area contributed by atoms with Gasteiger partial charge in [-0.15, -0.1) is 11.3 Å². The van der Waals surface area contributed by atoms with Crippen molar-refractivity contribution in [3.05, 3.63) is 87.6 Å². The largest absolute Gasteiger partial charge is 0.333 e. The van der Waals surface area contributed by atoms with Crippen LogP contribution in [-0.2, 0) is 4.79 Å². The Hall–Kier alpha value is -2.92. The zero-order valence-corrected chi connectivity index (χ0v) is 17.6. The number of nitrogens with one attached hydrogen (secondary N) is 1. The molecule has 1 N–H and O–H groups in total. The highest BCUT2D eigenvalue weighted by atomic mass is 32.1. The normalized spacial score (nSPS) is 18.6. The summed E-state index contributed by atoms with van der Waals surface area (Å²) < 4.78 is 0. The van der Waals surface area contributed by atoms with Gasteiger partial charge in [0.15, 0.2) is 0 Å². The Balaban J connectivity index is 1.72. The molecule has 2 aromatic carbocycles. The minimum atomic E-state index is -0.475. The molecule has 3 aromatic rings. The Morgan fingerprint density at radius 2 is 1.76 bits per heavy atom. The summed E-state index contributed by atoms with van der Waals surface area (Å²) >= 11 is 1.57. The van der Waals surface area contributed by atoms with E-state index in [1.807, 2.05) is 60.0 Å². The molecule has 2 amide bonds. The number of hydrogen-bond donors (Lipinski definition) is 1. The molecule has 0 spiro atoms. The Labute approximate surface area is 175 Å². The topological polar surface area (TPSA) is 49.4 Å². The Bertz CT molecular complexity index is 1030. The fraction of sp³-hybridized carbons (Fsp3) is 0.250. The number of anilines is 1. The average molecular weight is 405 g/mol. The maximum atomic E-state index is 13.5. The van der Waals surface area contributed by atoms with E-state index in [-0.39, 0.29) is 17.9 Å². The van der Waals surface area contributed by atoms with Crippen molar-refractivity contribution in [3.63, 3.8) is 0 Å². The summed E-state index contributed by atoms with van der Waals surface area (Å²) in [6.45, 7) is 4.29. The van der Waals surface area contributed by atoms with E-state index < -0.39 is 5.92 Å². The molecule has 0 fully saturated rings. The molecule has 148 valence electrons. The first kappa shape index (κ1) is 19.4. The first-order valence-corrected chi connectivity index (χ1v) is 10.7. The van der Waals surface area contributed by atoms with Gasteiger partial charge in [-0.3, -0.25) is 9.59 Å². The molecule has 0 saturated heterocycles. The molecule has 2 atom stereocenters. The van der Waals surface area contributed by atoms with E-state index in [1.54, 1.807) is 29.4 Å². The number of amides is 2. The van der Waals surface area contributed by atoms with Gasteiger partial charge in [0.1, 0.15) is 0 Å². The van der Waals surface area contributed by atoms with Crippen LogP contribution in [0.1, 0.15) is 58.1 Å². The summed E-state index contributed by atoms with van der Waals surface area (Å²) in [4.78, 5) is 29.1. The van der Waals surface area contributed by atoms with Gasteiger partial charge in [0.05, 0.1) is 12.0 Å². The van der Waals surface area contributed by atoms with Crippen LogP contribution in [0.2, 0.25) is 0 Å². The van der Waals surface area contributed by atoms with Crippen LogP contribution in [0.3, 0.4) is 0 Å². The van der Waals surface area contributed by atoms with Gasteiger partial charge in [-0.2, -0.15) is 0 Å². The number of hydrogen-bond acceptors (Lipinski definition) is 3. The van der Waals surface area contributed by atoms with E-state index in [4.69, 9.17) is 0 Å². The third kappa shape index (κ3) is 3.58. The predicted molar refractivity (Wildman–Crippen MR) is 117 cm³/mol. The molecule has 4 nitrogen and oxygen atoms in total. The van der Waals surface area contributed by atoms with Crippen molar-refractivity contribution in [2.45, 2.75) is 31.7 Å². The average Bonchev–Trinajstić information content (AvgIpc) is 3.25. The summed E-state index contributed by atoms with van der Waals surface area (Å²) in [6, 6.07) is 19.0. The molecule has 0 radical (unpaired) electrons. The van der Waals surface area contributed by atoms with Crippen molar-refractivity contribution in [2.24, 2.45) is 0 Å². The van der Waals surface area contributed by atoms with Crippen molar-refractivity contribution in [1.82, 2.24) is 4.90 Å². The number of likely N-dealkylation sites (N-methyl/N-ethyl adjacent to an activating group) is 1. The first-order chi connectivity index (χ1) is 14.0. The number of rotatable bonds is 4. The van der Waals surface area contributed by atoms with Crippen LogP contribution in [0.5, 0.6) is 0 Å². The van der Waals surface area contributed by atoms with Gasteiger partial charge >= 0.3 is 0 Å². The molecule has 4 rings (SSSR count). The molecule has 1 aliphatic heterocycles. The molecule has 1 aromatic heterocycles. The summed E-state index contributed by atoms with van der Waals surface area (Å²) in [7, 11) is 1.78. The van der Waals surface area contributed by atoms with Gasteiger partial charge in [-0.1, -0.05) is 50.2 Å². The lowest BCUT2D eigenvalue weighted by atomic mass is 9.81. The standard InChI is InChI=1S/C24H24N2O2S/c1-15(2)16-10-12-17(13-11-16)25-23(27)21-18-7-4-5-8-19(18)24(28)26(3)22(21)20-9-6-14-29-20/h4-15,21-22H,1-3H3,(H,25,27)/t21-,22+/m1/s1. The number of thiophene rings is 1. The molecule has 0 bridgehead atoms. The third-order valence-electron chi connectivity index (χ3n) is 5.54. The molecular weight excluding hydrogens is 380 g/mol. The molecule has 0 unspecified atom stereocenters. The van der Waals surface area contributed by atoms with Crippen LogP contribution in [0.15, 0.2) is 66.0 Å². The first-order valence-electron chi connectivity index (χ1n) is 9.77. The summed E-state index contributed by atoms with van der Waals surface area (Å²) in [5, 5.41) is 5.05. The maximum Gasteiger partial charge on any atom is 0.254 e. The van der Waals surface area contributed by atoms with Gasteiger partial charge in [-0.05, 0) is 46.7 Å². The van der Waals surface area contributed by atoms with E-state index in [9.17, 15) is 9.59 Å². The van der Waals surface area contributed by atoms with Crippen LogP contribution in [-0.4, -0.2) is 23.8 Å². The summed E-state index contributed by atoms with van der Waals surface area (Å²) in [5.74, 6) is -0.193. The lowest BCUT2D eigenvalue weighted by Gasteiger charge is -2.39. The van der Waals surface area contributed by atoms with E-state index in [0.717, 1.165) is 16.1 Å². The van der Waals surface area contributed by atoms with E-state index in [0.29, 0.717) is 11.5 Å². The van der Waals surface area contributed by atoms with Gasteiger partial charge in [-0.25, -0.2) is 0 Å². The highest BCUT2D eigenvalue weighted by molar-refractivity contribution is 7.10. The predicted octanol–water partition coefficient (Wildman–Crippen LogP) is 5.42. The molecule has 29 heavy (non-hydrogen) atoms. The SMILES string of the molecule is CC(C)c1ccc(NC(=O)[C@@H]2c3ccccc3C(=O)N(C)[C@H]2c2cccs2)cc1. The van der Waals surface area contributed by atoms with E-state index in [2.05, 4.69) is 19.2 Å². The number of carbonyl (C=O) groups is 2. The van der Waals surface area contributed by atoms with Gasteiger partial charge in [0.2, 0.25) is 5.91 Å². The monoisotopic (exact) mass is 404 g/mol. The Morgan fingerprint density at radius 1 is 1.03 bits per heavy atom. The zero-order valence-electron chi connectivity index (χ0n) is 16.8. The number of nitrogens with zero attached hydrogens (tertiary/aromatic N) is 1. The van der Waals surface area contributed by atoms with E-state index >= 15 is 0 Å². The molecule has 2 heterocycles. The van der Waals surface area contributed by atoms with Crippen LogP contribution >= 0.6 is 11.3 Å². The Kier molecular flexibility index (Phi) is 5.24. The second-order valence-electron chi connectivity index (χ2n) is 7.71. The molecule has 0 aliphatic carbocycles. The third-order valence-corrected chi connectivity index (χ3v) is 6.48. The molecule has 0 saturated carbocycles. The minimum absolute atomic E-state index is 0.0515. The second kappa shape index (κ2) is 7.84. The van der Waals surface area contributed by atoms with E-state index in [1.165, 1.54) is 5.56 Å². The van der Waals surface area contributed by atoms with Crippen molar-refractivity contribution in [1.29, 1.82) is 0 Å². The van der Waals surface area contributed by atoms with Crippen molar-refractivity contribution >= 4 is 28.8 Å². The molecule has 1 aliphatic rings. The summed E-state index contributed by atoms with van der Waals surface area (Å²) in [6.07, 6.45) is 0. The van der Waals surface area contributed by atoms with Gasteiger partial charge < -0.3 is 10.2 Å². The number of fused-ring (bicyclic) bond motifs is 1. The van der Waals surface area contributed by atoms with Crippen molar-refractivity contribution in [2.75, 3.05) is 12.4 Å². The Morgan fingerprint density at radius 3 is 2.41 bits per heavy atom. The van der Waals surface area contributed by atoms with Crippen LogP contribution < -0.4 is 5.32 Å². The summed E-state index contributed by atoms with van der Waals surface area (Å²) in [5.41, 5.74) is 3.37. The van der Waals surface area contributed by atoms with Crippen LogP contribution in [0.25, 0.3) is 0 Å². The van der Waals surface area contributed by atoms with Crippen molar-refractivity contribution < 1.29 is 9.59 Å². The second-order valence-corrected chi connectivity index (χ2v) is 8.69.